The number of rotatable bonds is 6. The highest BCUT2D eigenvalue weighted by Gasteiger charge is 2.49. The van der Waals surface area contributed by atoms with Crippen LogP contribution in [0.25, 0.3) is 0 Å². The van der Waals surface area contributed by atoms with Gasteiger partial charge in [0.25, 0.3) is 5.91 Å². The summed E-state index contributed by atoms with van der Waals surface area (Å²) in [5, 5.41) is 13.7. The van der Waals surface area contributed by atoms with Crippen molar-refractivity contribution in [3.05, 3.63) is 48.0 Å². The van der Waals surface area contributed by atoms with Gasteiger partial charge < -0.3 is 21.1 Å². The van der Waals surface area contributed by atoms with Crippen LogP contribution in [0.2, 0.25) is 0 Å². The van der Waals surface area contributed by atoms with Gasteiger partial charge >= 0.3 is 0 Å². The Kier molecular flexibility index (Phi) is 7.03. The van der Waals surface area contributed by atoms with Gasteiger partial charge in [0.15, 0.2) is 0 Å². The summed E-state index contributed by atoms with van der Waals surface area (Å²) in [4.78, 5) is 27.6. The molecule has 29 heavy (non-hydrogen) atoms. The average molecular weight is 418 g/mol. The number of nitrogens with two attached hydrogens (primary N) is 1. The van der Waals surface area contributed by atoms with Crippen LogP contribution in [0.1, 0.15) is 38.7 Å². The first-order chi connectivity index (χ1) is 13.8. The molecule has 3 rings (SSSR count). The van der Waals surface area contributed by atoms with Crippen molar-refractivity contribution < 1.29 is 14.7 Å². The van der Waals surface area contributed by atoms with Crippen LogP contribution in [0.3, 0.4) is 0 Å². The first-order valence-electron chi connectivity index (χ1n) is 10.2. The number of amides is 2. The highest BCUT2D eigenvalue weighted by Crippen LogP contribution is 2.40. The summed E-state index contributed by atoms with van der Waals surface area (Å²) in [6, 6.07) is 8.16. The molecule has 7 heteroatoms. The molecule has 4 atom stereocenters. The van der Waals surface area contributed by atoms with Crippen LogP contribution in [0.4, 0.5) is 0 Å². The van der Waals surface area contributed by atoms with Crippen LogP contribution in [0, 0.1) is 0 Å². The quantitative estimate of drug-likeness (QED) is 0.614. The zero-order chi connectivity index (χ0) is 21.0. The van der Waals surface area contributed by atoms with Gasteiger partial charge in [-0.1, -0.05) is 42.5 Å². The number of thioether (sulfide) groups is 1. The maximum atomic E-state index is 13.1. The molecule has 1 aliphatic carbocycles. The number of nitrogens with zero attached hydrogens (tertiary/aromatic N) is 1. The number of hydrogen-bond acceptors (Lipinski definition) is 5. The zero-order valence-electron chi connectivity index (χ0n) is 17.1. The van der Waals surface area contributed by atoms with E-state index in [0.29, 0.717) is 12.3 Å². The normalized spacial score (nSPS) is 25.4. The van der Waals surface area contributed by atoms with Gasteiger partial charge in [-0.05, 0) is 45.1 Å². The molecular weight excluding hydrogens is 386 g/mol. The molecule has 6 nitrogen and oxygen atoms in total. The second kappa shape index (κ2) is 9.32. The third-order valence-electron chi connectivity index (χ3n) is 5.63. The molecule has 1 saturated heterocycles. The van der Waals surface area contributed by atoms with Crippen molar-refractivity contribution in [2.75, 3.05) is 5.88 Å². The van der Waals surface area contributed by atoms with E-state index in [-0.39, 0.29) is 11.9 Å². The molecule has 4 N–H and O–H groups in total. The number of carbonyl (C=O) groups is 2. The minimum Gasteiger partial charge on any atom is -0.382 e. The Morgan fingerprint density at radius 2 is 2.07 bits per heavy atom. The van der Waals surface area contributed by atoms with Crippen molar-refractivity contribution in [3.63, 3.8) is 0 Å². The van der Waals surface area contributed by atoms with Crippen molar-refractivity contribution in [1.82, 2.24) is 10.2 Å². The fraction of sp³-hybridized carbons (Fsp3) is 0.545. The Bertz CT molecular complexity index is 753. The lowest BCUT2D eigenvalue weighted by atomic mass is 9.96. The van der Waals surface area contributed by atoms with Crippen molar-refractivity contribution in [2.24, 2.45) is 5.73 Å². The lowest BCUT2D eigenvalue weighted by molar-refractivity contribution is -0.147. The molecule has 0 saturated carbocycles. The summed E-state index contributed by atoms with van der Waals surface area (Å²) >= 11 is 1.54. The Morgan fingerprint density at radius 1 is 1.34 bits per heavy atom. The number of carbonyl (C=O) groups excluding carboxylic acids is 2. The molecule has 0 aromatic heterocycles. The van der Waals surface area contributed by atoms with E-state index in [2.05, 4.69) is 11.4 Å². The standard InChI is InChI=1S/C22H31N3O3S/c1-22(2)19(20(27)24-16-11-7-4-8-12-16)25(14-29-22)21(28)18(26)17(23)13-15-9-5-3-6-10-15/h3,5-7,9-11,16-19,26H,4,8,12-14,23H2,1-2H3,(H,24,27)/t16-,17+,18+,19-/m1/s1. The Morgan fingerprint density at radius 3 is 2.72 bits per heavy atom. The fourth-order valence-electron chi connectivity index (χ4n) is 3.96. The van der Waals surface area contributed by atoms with E-state index in [1.54, 1.807) is 11.8 Å². The molecule has 0 unspecified atom stereocenters. The number of nitrogens with one attached hydrogen (secondary N) is 1. The maximum Gasteiger partial charge on any atom is 0.254 e. The second-order valence-electron chi connectivity index (χ2n) is 8.36. The SMILES string of the molecule is CC1(C)SCN(C(=O)[C@@H](O)[C@@H](N)Cc2ccccc2)[C@@H]1C(=O)N[C@@H]1C=CCCC1. The predicted octanol–water partition coefficient (Wildman–Crippen LogP) is 1.82. The van der Waals surface area contributed by atoms with Gasteiger partial charge in [-0.15, -0.1) is 11.8 Å². The van der Waals surface area contributed by atoms with Crippen LogP contribution in [-0.4, -0.2) is 56.7 Å². The summed E-state index contributed by atoms with van der Waals surface area (Å²) < 4.78 is -0.443. The number of aliphatic hydroxyl groups is 1. The van der Waals surface area contributed by atoms with Crippen molar-refractivity contribution in [2.45, 2.75) is 68.5 Å². The van der Waals surface area contributed by atoms with Crippen LogP contribution in [0.15, 0.2) is 42.5 Å². The smallest absolute Gasteiger partial charge is 0.254 e. The third-order valence-corrected chi connectivity index (χ3v) is 7.01. The van der Waals surface area contributed by atoms with E-state index >= 15 is 0 Å². The molecule has 2 aliphatic rings. The highest BCUT2D eigenvalue weighted by molar-refractivity contribution is 8.00. The van der Waals surface area contributed by atoms with E-state index in [9.17, 15) is 14.7 Å². The molecule has 2 amide bonds. The van der Waals surface area contributed by atoms with E-state index in [1.807, 2.05) is 50.3 Å². The summed E-state index contributed by atoms with van der Waals surface area (Å²) in [6.45, 7) is 3.92. The monoisotopic (exact) mass is 417 g/mol. The zero-order valence-corrected chi connectivity index (χ0v) is 17.9. The second-order valence-corrected chi connectivity index (χ2v) is 9.96. The minimum atomic E-state index is -1.35. The lowest BCUT2D eigenvalue weighted by Crippen LogP contribution is -2.58. The molecule has 0 bridgehead atoms. The number of hydrogen-bond donors (Lipinski definition) is 3. The minimum absolute atomic E-state index is 0.000127. The number of allylic oxidation sites excluding steroid dienone is 1. The molecule has 1 aliphatic heterocycles. The lowest BCUT2D eigenvalue weighted by Gasteiger charge is -2.33. The van der Waals surface area contributed by atoms with Gasteiger partial charge in [-0.3, -0.25) is 9.59 Å². The van der Waals surface area contributed by atoms with Gasteiger partial charge in [0.2, 0.25) is 5.91 Å². The van der Waals surface area contributed by atoms with Crippen LogP contribution in [0.5, 0.6) is 0 Å². The Balaban J connectivity index is 1.69. The number of aliphatic hydroxyl groups excluding tert-OH is 1. The van der Waals surface area contributed by atoms with E-state index < -0.39 is 28.8 Å². The number of benzene rings is 1. The molecule has 1 aromatic rings. The van der Waals surface area contributed by atoms with Crippen molar-refractivity contribution >= 4 is 23.6 Å². The van der Waals surface area contributed by atoms with Gasteiger partial charge in [0.1, 0.15) is 12.1 Å². The topological polar surface area (TPSA) is 95.7 Å². The van der Waals surface area contributed by atoms with Crippen molar-refractivity contribution in [1.29, 1.82) is 0 Å². The van der Waals surface area contributed by atoms with Crippen LogP contribution in [-0.2, 0) is 16.0 Å². The van der Waals surface area contributed by atoms with Gasteiger partial charge in [-0.25, -0.2) is 0 Å². The van der Waals surface area contributed by atoms with Gasteiger partial charge in [0.05, 0.1) is 5.88 Å². The molecule has 158 valence electrons. The summed E-state index contributed by atoms with van der Waals surface area (Å²) in [6.07, 6.45) is 6.12. The Labute approximate surface area is 176 Å². The van der Waals surface area contributed by atoms with E-state index in [4.69, 9.17) is 5.73 Å². The predicted molar refractivity (Wildman–Crippen MR) is 116 cm³/mol. The average Bonchev–Trinajstić information content (AvgIpc) is 3.03. The molecule has 1 heterocycles. The van der Waals surface area contributed by atoms with Crippen LogP contribution < -0.4 is 11.1 Å². The first kappa shape index (κ1) is 21.9. The summed E-state index contributed by atoms with van der Waals surface area (Å²) in [5.41, 5.74) is 7.10. The molecule has 1 aromatic carbocycles. The van der Waals surface area contributed by atoms with E-state index in [1.165, 1.54) is 4.90 Å². The molecule has 0 radical (unpaired) electrons. The molecule has 1 fully saturated rings. The first-order valence-corrected chi connectivity index (χ1v) is 11.2. The highest BCUT2D eigenvalue weighted by atomic mass is 32.2. The van der Waals surface area contributed by atoms with Gasteiger partial charge in [0, 0.05) is 16.8 Å². The molecule has 0 spiro atoms. The largest absolute Gasteiger partial charge is 0.382 e. The fourth-order valence-corrected chi connectivity index (χ4v) is 5.10. The Hall–Kier alpha value is -1.83. The van der Waals surface area contributed by atoms with E-state index in [0.717, 1.165) is 24.8 Å². The van der Waals surface area contributed by atoms with Gasteiger partial charge in [-0.2, -0.15) is 0 Å². The summed E-state index contributed by atoms with van der Waals surface area (Å²) in [5.74, 6) is -0.293. The third kappa shape index (κ3) is 5.21. The van der Waals surface area contributed by atoms with Crippen LogP contribution >= 0.6 is 11.8 Å². The van der Waals surface area contributed by atoms with Crippen molar-refractivity contribution in [3.8, 4) is 0 Å². The maximum absolute atomic E-state index is 13.1. The molecular formula is C22H31N3O3S. The summed E-state index contributed by atoms with van der Waals surface area (Å²) in [7, 11) is 0.